The topological polar surface area (TPSA) is 61.4 Å². The number of benzene rings is 1. The van der Waals surface area contributed by atoms with Crippen molar-refractivity contribution in [3.05, 3.63) is 29.6 Å². The van der Waals surface area contributed by atoms with Gasteiger partial charge >= 0.3 is 6.03 Å². The average molecular weight is 280 g/mol. The maximum absolute atomic E-state index is 13.2. The summed E-state index contributed by atoms with van der Waals surface area (Å²) in [5.74, 6) is 0.00531. The molecule has 0 atom stereocenters. The van der Waals surface area contributed by atoms with Gasteiger partial charge in [0.2, 0.25) is 0 Å². The fourth-order valence-corrected chi connectivity index (χ4v) is 2.65. The fraction of sp³-hybridized carbons (Fsp3) is 0.533. The summed E-state index contributed by atoms with van der Waals surface area (Å²) in [4.78, 5) is 11.9. The number of aliphatic hydroxyl groups excluding tert-OH is 1. The minimum absolute atomic E-state index is 0.132. The highest BCUT2D eigenvalue weighted by atomic mass is 19.1. The van der Waals surface area contributed by atoms with E-state index in [0.29, 0.717) is 11.6 Å². The van der Waals surface area contributed by atoms with Crippen molar-refractivity contribution in [1.29, 1.82) is 0 Å². The van der Waals surface area contributed by atoms with E-state index in [1.807, 2.05) is 0 Å². The number of hydrogen-bond acceptors (Lipinski definition) is 2. The molecule has 1 fully saturated rings. The summed E-state index contributed by atoms with van der Waals surface area (Å²) in [5.41, 5.74) is 1.23. The fourth-order valence-electron chi connectivity index (χ4n) is 2.65. The van der Waals surface area contributed by atoms with Gasteiger partial charge in [0.15, 0.2) is 0 Å². The van der Waals surface area contributed by atoms with Crippen LogP contribution in [0.3, 0.4) is 0 Å². The second kappa shape index (κ2) is 6.70. The molecule has 1 aromatic rings. The van der Waals surface area contributed by atoms with Crippen LogP contribution in [-0.4, -0.2) is 23.8 Å². The van der Waals surface area contributed by atoms with E-state index in [2.05, 4.69) is 10.6 Å². The van der Waals surface area contributed by atoms with Crippen molar-refractivity contribution >= 4 is 11.7 Å². The van der Waals surface area contributed by atoms with Gasteiger partial charge < -0.3 is 15.7 Å². The Morgan fingerprint density at radius 2 is 2.00 bits per heavy atom. The molecule has 0 aliphatic heterocycles. The molecule has 0 radical (unpaired) electrons. The lowest BCUT2D eigenvalue weighted by Crippen LogP contribution is -2.40. The average Bonchev–Trinajstić information content (AvgIpc) is 2.38. The SMILES string of the molecule is Cc1cc(F)cc(NC(=O)NC2CCC(CO)CC2)c1. The second-order valence-corrected chi connectivity index (χ2v) is 5.52. The largest absolute Gasteiger partial charge is 0.396 e. The molecule has 1 aromatic carbocycles. The lowest BCUT2D eigenvalue weighted by Gasteiger charge is -2.27. The van der Waals surface area contributed by atoms with Gasteiger partial charge in [-0.1, -0.05) is 0 Å². The Balaban J connectivity index is 1.83. The normalized spacial score (nSPS) is 22.4. The Labute approximate surface area is 118 Å². The molecule has 3 N–H and O–H groups in total. The van der Waals surface area contributed by atoms with Gasteiger partial charge in [-0.15, -0.1) is 0 Å². The van der Waals surface area contributed by atoms with Gasteiger partial charge in [-0.25, -0.2) is 9.18 Å². The summed E-state index contributed by atoms with van der Waals surface area (Å²) < 4.78 is 13.2. The smallest absolute Gasteiger partial charge is 0.319 e. The molecule has 0 heterocycles. The molecule has 1 aliphatic carbocycles. The van der Waals surface area contributed by atoms with E-state index in [0.717, 1.165) is 31.2 Å². The number of anilines is 1. The van der Waals surface area contributed by atoms with Gasteiger partial charge in [0.05, 0.1) is 0 Å². The molecule has 4 nitrogen and oxygen atoms in total. The molecule has 0 bridgehead atoms. The highest BCUT2D eigenvalue weighted by molar-refractivity contribution is 5.89. The molecule has 0 aromatic heterocycles. The number of halogens is 1. The molecule has 0 unspecified atom stereocenters. The van der Waals surface area contributed by atoms with Gasteiger partial charge in [0.25, 0.3) is 0 Å². The predicted octanol–water partition coefficient (Wildman–Crippen LogP) is 2.81. The third-order valence-corrected chi connectivity index (χ3v) is 3.74. The Kier molecular flexibility index (Phi) is 4.95. The monoisotopic (exact) mass is 280 g/mol. The van der Waals surface area contributed by atoms with Crippen LogP contribution in [0.25, 0.3) is 0 Å². The first kappa shape index (κ1) is 14.8. The minimum Gasteiger partial charge on any atom is -0.396 e. The summed E-state index contributed by atoms with van der Waals surface area (Å²) in [6.07, 6.45) is 3.61. The molecule has 20 heavy (non-hydrogen) atoms. The first-order valence-electron chi connectivity index (χ1n) is 7.02. The lowest BCUT2D eigenvalue weighted by atomic mass is 9.87. The number of aliphatic hydroxyl groups is 1. The molecular weight excluding hydrogens is 259 g/mol. The summed E-state index contributed by atoms with van der Waals surface area (Å²) in [6.45, 7) is 2.00. The molecule has 1 saturated carbocycles. The highest BCUT2D eigenvalue weighted by Crippen LogP contribution is 2.23. The van der Waals surface area contributed by atoms with Crippen LogP contribution in [-0.2, 0) is 0 Å². The lowest BCUT2D eigenvalue weighted by molar-refractivity contribution is 0.176. The van der Waals surface area contributed by atoms with Gasteiger partial charge in [-0.2, -0.15) is 0 Å². The number of hydrogen-bond donors (Lipinski definition) is 3. The predicted molar refractivity (Wildman–Crippen MR) is 76.1 cm³/mol. The van der Waals surface area contributed by atoms with Crippen LogP contribution in [0.1, 0.15) is 31.2 Å². The number of urea groups is 1. The van der Waals surface area contributed by atoms with Crippen LogP contribution in [0.4, 0.5) is 14.9 Å². The van der Waals surface area contributed by atoms with Crippen molar-refractivity contribution in [1.82, 2.24) is 5.32 Å². The zero-order valence-electron chi connectivity index (χ0n) is 11.7. The van der Waals surface area contributed by atoms with Crippen molar-refractivity contribution in [3.8, 4) is 0 Å². The van der Waals surface area contributed by atoms with E-state index in [1.165, 1.54) is 12.1 Å². The third kappa shape index (κ3) is 4.20. The number of nitrogens with one attached hydrogen (secondary N) is 2. The highest BCUT2D eigenvalue weighted by Gasteiger charge is 2.21. The van der Waals surface area contributed by atoms with E-state index in [4.69, 9.17) is 5.11 Å². The van der Waals surface area contributed by atoms with Crippen molar-refractivity contribution in [2.75, 3.05) is 11.9 Å². The van der Waals surface area contributed by atoms with Crippen LogP contribution < -0.4 is 10.6 Å². The third-order valence-electron chi connectivity index (χ3n) is 3.74. The maximum Gasteiger partial charge on any atom is 0.319 e. The number of carbonyl (C=O) groups excluding carboxylic acids is 1. The Morgan fingerprint density at radius 1 is 1.30 bits per heavy atom. The quantitative estimate of drug-likeness (QED) is 0.797. The first-order valence-corrected chi connectivity index (χ1v) is 7.02. The standard InChI is InChI=1S/C15H21FN2O2/c1-10-6-12(16)8-14(7-10)18-15(20)17-13-4-2-11(9-19)3-5-13/h6-8,11,13,19H,2-5,9H2,1H3,(H2,17,18,20). The number of carbonyl (C=O) groups is 1. The second-order valence-electron chi connectivity index (χ2n) is 5.52. The minimum atomic E-state index is -0.358. The van der Waals surface area contributed by atoms with Gasteiger partial charge in [0, 0.05) is 18.3 Å². The van der Waals surface area contributed by atoms with E-state index in [1.54, 1.807) is 13.0 Å². The Bertz CT molecular complexity index is 451. The zero-order valence-corrected chi connectivity index (χ0v) is 11.7. The summed E-state index contributed by atoms with van der Waals surface area (Å²) in [5, 5.41) is 14.6. The van der Waals surface area contributed by atoms with E-state index in [9.17, 15) is 9.18 Å². The molecular formula is C15H21FN2O2. The number of amides is 2. The van der Waals surface area contributed by atoms with Crippen LogP contribution in [0.15, 0.2) is 18.2 Å². The summed E-state index contributed by atoms with van der Waals surface area (Å²) in [6, 6.07) is 4.27. The zero-order chi connectivity index (χ0) is 14.5. The summed E-state index contributed by atoms with van der Waals surface area (Å²) in [7, 11) is 0. The summed E-state index contributed by atoms with van der Waals surface area (Å²) >= 11 is 0. The van der Waals surface area contributed by atoms with Crippen molar-refractivity contribution in [2.24, 2.45) is 5.92 Å². The van der Waals surface area contributed by atoms with Crippen LogP contribution in [0.5, 0.6) is 0 Å². The number of aryl methyl sites for hydroxylation is 1. The molecule has 2 rings (SSSR count). The van der Waals surface area contributed by atoms with Crippen molar-refractivity contribution in [2.45, 2.75) is 38.6 Å². The van der Waals surface area contributed by atoms with Gasteiger partial charge in [0.1, 0.15) is 5.82 Å². The van der Waals surface area contributed by atoms with Crippen LogP contribution in [0.2, 0.25) is 0 Å². The molecule has 2 amide bonds. The molecule has 0 spiro atoms. The molecule has 1 aliphatic rings. The van der Waals surface area contributed by atoms with Gasteiger partial charge in [-0.05, 0) is 62.3 Å². The van der Waals surface area contributed by atoms with E-state index < -0.39 is 0 Å². The first-order chi connectivity index (χ1) is 9.56. The Morgan fingerprint density at radius 3 is 2.60 bits per heavy atom. The van der Waals surface area contributed by atoms with Crippen LogP contribution in [0, 0.1) is 18.7 Å². The van der Waals surface area contributed by atoms with Crippen molar-refractivity contribution in [3.63, 3.8) is 0 Å². The van der Waals surface area contributed by atoms with E-state index >= 15 is 0 Å². The van der Waals surface area contributed by atoms with E-state index in [-0.39, 0.29) is 24.5 Å². The molecule has 5 heteroatoms. The molecule has 0 saturated heterocycles. The maximum atomic E-state index is 13.2. The van der Waals surface area contributed by atoms with Crippen molar-refractivity contribution < 1.29 is 14.3 Å². The molecule has 110 valence electrons. The van der Waals surface area contributed by atoms with Gasteiger partial charge in [-0.3, -0.25) is 0 Å². The van der Waals surface area contributed by atoms with Crippen LogP contribution >= 0.6 is 0 Å². The Hall–Kier alpha value is -1.62. The number of rotatable bonds is 3.